The van der Waals surface area contributed by atoms with E-state index in [9.17, 15) is 0 Å². The predicted octanol–water partition coefficient (Wildman–Crippen LogP) is 2.15. The summed E-state index contributed by atoms with van der Waals surface area (Å²) in [7, 11) is 1.93. The molecule has 0 amide bonds. The van der Waals surface area contributed by atoms with Gasteiger partial charge in [-0.15, -0.1) is 6.42 Å². The first-order valence-electron chi connectivity index (χ1n) is 6.61. The first-order valence-corrected chi connectivity index (χ1v) is 6.61. The van der Waals surface area contributed by atoms with Crippen molar-refractivity contribution in [3.63, 3.8) is 0 Å². The second-order valence-electron chi connectivity index (χ2n) is 5.14. The summed E-state index contributed by atoms with van der Waals surface area (Å²) in [5.74, 6) is 5.63. The van der Waals surface area contributed by atoms with Gasteiger partial charge in [0, 0.05) is 18.7 Å². The van der Waals surface area contributed by atoms with Gasteiger partial charge in [0.2, 0.25) is 0 Å². The lowest BCUT2D eigenvalue weighted by Crippen LogP contribution is -2.26. The molecule has 0 aromatic carbocycles. The van der Waals surface area contributed by atoms with E-state index in [0.29, 0.717) is 0 Å². The van der Waals surface area contributed by atoms with Crippen LogP contribution in [0, 0.1) is 25.2 Å². The molecule has 1 heterocycles. The Kier molecular flexibility index (Phi) is 4.46. The number of furan rings is 1. The van der Waals surface area contributed by atoms with Crippen LogP contribution in [0.4, 0.5) is 0 Å². The maximum Gasteiger partial charge on any atom is 0.118 e. The van der Waals surface area contributed by atoms with Gasteiger partial charge in [0.25, 0.3) is 0 Å². The topological polar surface area (TPSA) is 28.4 Å². The van der Waals surface area contributed by atoms with E-state index < -0.39 is 0 Å². The van der Waals surface area contributed by atoms with Crippen LogP contribution in [-0.4, -0.2) is 25.0 Å². The van der Waals surface area contributed by atoms with Crippen molar-refractivity contribution in [2.75, 3.05) is 20.1 Å². The van der Waals surface area contributed by atoms with Gasteiger partial charge in [-0.25, -0.2) is 0 Å². The third-order valence-corrected chi connectivity index (χ3v) is 3.34. The van der Waals surface area contributed by atoms with E-state index in [1.165, 1.54) is 18.4 Å². The molecule has 3 nitrogen and oxygen atoms in total. The predicted molar refractivity (Wildman–Crippen MR) is 73.0 cm³/mol. The maximum atomic E-state index is 5.71. The third-order valence-electron chi connectivity index (χ3n) is 3.34. The molecular weight excluding hydrogens is 224 g/mol. The van der Waals surface area contributed by atoms with E-state index in [1.54, 1.807) is 0 Å². The Morgan fingerprint density at radius 1 is 1.56 bits per heavy atom. The lowest BCUT2D eigenvalue weighted by molar-refractivity contribution is 0.284. The van der Waals surface area contributed by atoms with Gasteiger partial charge in [-0.1, -0.05) is 5.92 Å². The summed E-state index contributed by atoms with van der Waals surface area (Å²) in [5.41, 5.74) is 1.26. The van der Waals surface area contributed by atoms with Crippen molar-refractivity contribution < 1.29 is 4.42 Å². The zero-order chi connectivity index (χ0) is 13.0. The Morgan fingerprint density at radius 3 is 2.94 bits per heavy atom. The fourth-order valence-corrected chi connectivity index (χ4v) is 2.23. The van der Waals surface area contributed by atoms with Gasteiger partial charge >= 0.3 is 0 Å². The largest absolute Gasteiger partial charge is 0.465 e. The molecule has 1 aromatic heterocycles. The molecule has 1 fully saturated rings. The first kappa shape index (κ1) is 13.2. The highest BCUT2D eigenvalue weighted by atomic mass is 16.3. The number of hydrogen-bond acceptors (Lipinski definition) is 3. The van der Waals surface area contributed by atoms with E-state index in [-0.39, 0.29) is 0 Å². The van der Waals surface area contributed by atoms with Crippen molar-refractivity contribution in [3.05, 3.63) is 23.2 Å². The molecule has 0 saturated heterocycles. The molecule has 0 unspecified atom stereocenters. The van der Waals surface area contributed by atoms with E-state index in [1.807, 2.05) is 14.0 Å². The van der Waals surface area contributed by atoms with Crippen molar-refractivity contribution in [2.45, 2.75) is 32.9 Å². The highest BCUT2D eigenvalue weighted by Crippen LogP contribution is 2.30. The van der Waals surface area contributed by atoms with Crippen LogP contribution in [-0.2, 0) is 13.1 Å². The van der Waals surface area contributed by atoms with Crippen LogP contribution in [0.1, 0.15) is 29.9 Å². The Hall–Kier alpha value is -1.24. The second-order valence-corrected chi connectivity index (χ2v) is 5.14. The normalized spacial score (nSPS) is 15.0. The lowest BCUT2D eigenvalue weighted by Gasteiger charge is -2.18. The van der Waals surface area contributed by atoms with E-state index in [0.717, 1.165) is 43.6 Å². The Labute approximate surface area is 110 Å². The molecular formula is C15H22N2O. The van der Waals surface area contributed by atoms with Gasteiger partial charge in [-0.3, -0.25) is 4.90 Å². The average Bonchev–Trinajstić information content (AvgIpc) is 3.06. The summed E-state index contributed by atoms with van der Waals surface area (Å²) >= 11 is 0. The highest BCUT2D eigenvalue weighted by molar-refractivity contribution is 5.21. The summed E-state index contributed by atoms with van der Waals surface area (Å²) in [6, 6.07) is 2.14. The average molecular weight is 246 g/mol. The van der Waals surface area contributed by atoms with E-state index in [2.05, 4.69) is 22.2 Å². The summed E-state index contributed by atoms with van der Waals surface area (Å²) in [6.07, 6.45) is 8.16. The minimum absolute atomic E-state index is 0.725. The van der Waals surface area contributed by atoms with Gasteiger partial charge in [0.1, 0.15) is 11.5 Å². The number of rotatable bonds is 7. The molecule has 0 atom stereocenters. The van der Waals surface area contributed by atoms with Gasteiger partial charge in [-0.2, -0.15) is 0 Å². The Morgan fingerprint density at radius 2 is 2.33 bits per heavy atom. The quantitative estimate of drug-likeness (QED) is 0.747. The standard InChI is InChI=1S/C15H22N2O/c1-4-7-17(10-13-5-6-13)11-14-8-15(9-16-3)18-12(14)2/h1,8,13,16H,5-7,9-11H2,2-3H3. The van der Waals surface area contributed by atoms with Gasteiger partial charge < -0.3 is 9.73 Å². The summed E-state index contributed by atoms with van der Waals surface area (Å²) < 4.78 is 5.71. The number of nitrogens with zero attached hydrogens (tertiary/aromatic N) is 1. The fraction of sp³-hybridized carbons (Fsp3) is 0.600. The third kappa shape index (κ3) is 3.63. The van der Waals surface area contributed by atoms with Crippen molar-refractivity contribution in [1.29, 1.82) is 0 Å². The van der Waals surface area contributed by atoms with Crippen molar-refractivity contribution in [3.8, 4) is 12.3 Å². The van der Waals surface area contributed by atoms with Crippen LogP contribution in [0.2, 0.25) is 0 Å². The van der Waals surface area contributed by atoms with Crippen LogP contribution in [0.25, 0.3) is 0 Å². The van der Waals surface area contributed by atoms with Crippen LogP contribution in [0.5, 0.6) is 0 Å². The summed E-state index contributed by atoms with van der Waals surface area (Å²) in [4.78, 5) is 2.35. The molecule has 0 bridgehead atoms. The number of terminal acetylenes is 1. The molecule has 2 rings (SSSR count). The lowest BCUT2D eigenvalue weighted by atomic mass is 10.2. The fourth-order valence-electron chi connectivity index (χ4n) is 2.23. The highest BCUT2D eigenvalue weighted by Gasteiger charge is 2.24. The monoisotopic (exact) mass is 246 g/mol. The molecule has 1 aromatic rings. The molecule has 0 radical (unpaired) electrons. The van der Waals surface area contributed by atoms with Crippen molar-refractivity contribution >= 4 is 0 Å². The van der Waals surface area contributed by atoms with E-state index >= 15 is 0 Å². The molecule has 0 aliphatic heterocycles. The van der Waals surface area contributed by atoms with Crippen molar-refractivity contribution in [1.82, 2.24) is 10.2 Å². The molecule has 98 valence electrons. The molecule has 18 heavy (non-hydrogen) atoms. The second kappa shape index (κ2) is 6.08. The number of nitrogens with one attached hydrogen (secondary N) is 1. The van der Waals surface area contributed by atoms with Crippen LogP contribution in [0.3, 0.4) is 0 Å². The smallest absolute Gasteiger partial charge is 0.118 e. The molecule has 1 aliphatic carbocycles. The zero-order valence-corrected chi connectivity index (χ0v) is 11.3. The van der Waals surface area contributed by atoms with Crippen LogP contribution >= 0.6 is 0 Å². The Bertz CT molecular complexity index is 426. The number of aryl methyl sites for hydroxylation is 1. The molecule has 1 saturated carbocycles. The minimum atomic E-state index is 0.725. The van der Waals surface area contributed by atoms with Crippen molar-refractivity contribution in [2.24, 2.45) is 5.92 Å². The molecule has 0 spiro atoms. The molecule has 1 aliphatic rings. The van der Waals surface area contributed by atoms with Gasteiger partial charge in [-0.05, 0) is 38.8 Å². The maximum absolute atomic E-state index is 5.71. The van der Waals surface area contributed by atoms with Gasteiger partial charge in [0.15, 0.2) is 0 Å². The Balaban J connectivity index is 1.98. The molecule has 3 heteroatoms. The first-order chi connectivity index (χ1) is 8.72. The zero-order valence-electron chi connectivity index (χ0n) is 11.3. The van der Waals surface area contributed by atoms with Gasteiger partial charge in [0.05, 0.1) is 13.1 Å². The van der Waals surface area contributed by atoms with E-state index in [4.69, 9.17) is 10.8 Å². The summed E-state index contributed by atoms with van der Waals surface area (Å²) in [5, 5.41) is 3.11. The summed E-state index contributed by atoms with van der Waals surface area (Å²) in [6.45, 7) is 5.55. The SMILES string of the molecule is C#CCN(Cc1cc(CNC)oc1C)CC1CC1. The van der Waals surface area contributed by atoms with Crippen LogP contribution < -0.4 is 5.32 Å². The van der Waals surface area contributed by atoms with Crippen LogP contribution in [0.15, 0.2) is 10.5 Å². The number of hydrogen-bond donors (Lipinski definition) is 1. The molecule has 1 N–H and O–H groups in total. The minimum Gasteiger partial charge on any atom is -0.465 e.